The zero-order valence-electron chi connectivity index (χ0n) is 15.4. The number of nitrogens with zero attached hydrogens (tertiary/aromatic N) is 4. The molecule has 0 aromatic carbocycles. The first-order valence-corrected chi connectivity index (χ1v) is 9.43. The van der Waals surface area contributed by atoms with Crippen molar-refractivity contribution in [2.45, 2.75) is 45.1 Å². The maximum Gasteiger partial charge on any atom is 0.243 e. The number of carbonyl (C=O) groups is 2. The summed E-state index contributed by atoms with van der Waals surface area (Å²) in [5.74, 6) is 0.834. The monoisotopic (exact) mass is 350 g/mol. The minimum absolute atomic E-state index is 0.166. The molecule has 0 bridgehead atoms. The van der Waals surface area contributed by atoms with E-state index in [4.69, 9.17) is 4.74 Å². The Kier molecular flexibility index (Phi) is 5.93. The number of methoxy groups -OCH3 is 1. The number of likely N-dealkylation sites (tertiary alicyclic amines) is 2. The lowest BCUT2D eigenvalue weighted by Crippen LogP contribution is -2.57. The smallest absolute Gasteiger partial charge is 0.243 e. The zero-order chi connectivity index (χ0) is 17.8. The van der Waals surface area contributed by atoms with Gasteiger partial charge in [0.1, 0.15) is 6.54 Å². The highest BCUT2D eigenvalue weighted by Gasteiger charge is 2.40. The Bertz CT molecular complexity index is 536. The summed E-state index contributed by atoms with van der Waals surface area (Å²) in [7, 11) is 1.69. The fourth-order valence-electron chi connectivity index (χ4n) is 4.25. The Morgan fingerprint density at radius 1 is 1.28 bits per heavy atom. The quantitative estimate of drug-likeness (QED) is 0.669. The van der Waals surface area contributed by atoms with Crippen LogP contribution in [0.3, 0.4) is 0 Å². The van der Waals surface area contributed by atoms with Crippen LogP contribution < -0.4 is 0 Å². The summed E-state index contributed by atoms with van der Waals surface area (Å²) in [6.45, 7) is 6.20. The van der Waals surface area contributed by atoms with Crippen molar-refractivity contribution in [1.29, 1.82) is 0 Å². The van der Waals surface area contributed by atoms with Crippen LogP contribution in [0.4, 0.5) is 0 Å². The SMILES string of the molecule is COCCCN1C(=O)CC[C@H]2CN(C(=O)CN3CCC(C)=N3)CC[C@H]21. The largest absolute Gasteiger partial charge is 0.385 e. The van der Waals surface area contributed by atoms with E-state index >= 15 is 0 Å². The molecule has 2 amide bonds. The second-order valence-electron chi connectivity index (χ2n) is 7.40. The lowest BCUT2D eigenvalue weighted by atomic mass is 9.83. The predicted molar refractivity (Wildman–Crippen MR) is 95.2 cm³/mol. The summed E-state index contributed by atoms with van der Waals surface area (Å²) in [5, 5.41) is 6.29. The molecule has 3 rings (SSSR count). The van der Waals surface area contributed by atoms with Gasteiger partial charge in [-0.15, -0.1) is 0 Å². The molecule has 7 nitrogen and oxygen atoms in total. The lowest BCUT2D eigenvalue weighted by molar-refractivity contribution is -0.144. The normalized spacial score (nSPS) is 26.7. The first-order chi connectivity index (χ1) is 12.1. The summed E-state index contributed by atoms with van der Waals surface area (Å²) >= 11 is 0. The van der Waals surface area contributed by atoms with Crippen LogP contribution in [0.25, 0.3) is 0 Å². The van der Waals surface area contributed by atoms with Gasteiger partial charge in [-0.1, -0.05) is 0 Å². The van der Waals surface area contributed by atoms with E-state index in [2.05, 4.69) is 5.10 Å². The fourth-order valence-corrected chi connectivity index (χ4v) is 4.25. The van der Waals surface area contributed by atoms with Crippen LogP contribution in [0.2, 0.25) is 0 Å². The van der Waals surface area contributed by atoms with Gasteiger partial charge in [-0.2, -0.15) is 5.10 Å². The Morgan fingerprint density at radius 2 is 2.12 bits per heavy atom. The van der Waals surface area contributed by atoms with E-state index in [1.807, 2.05) is 21.7 Å². The van der Waals surface area contributed by atoms with Crippen molar-refractivity contribution in [2.75, 3.05) is 46.4 Å². The second-order valence-corrected chi connectivity index (χ2v) is 7.40. The average Bonchev–Trinajstić information content (AvgIpc) is 3.01. The molecule has 2 atom stereocenters. The molecule has 0 N–H and O–H groups in total. The van der Waals surface area contributed by atoms with Crippen molar-refractivity contribution in [2.24, 2.45) is 11.0 Å². The van der Waals surface area contributed by atoms with Crippen LogP contribution in [-0.4, -0.2) is 84.8 Å². The zero-order valence-corrected chi connectivity index (χ0v) is 15.4. The molecule has 3 aliphatic heterocycles. The molecule has 0 aromatic heterocycles. The maximum atomic E-state index is 12.6. The molecule has 3 heterocycles. The van der Waals surface area contributed by atoms with Crippen molar-refractivity contribution >= 4 is 17.5 Å². The Morgan fingerprint density at radius 3 is 2.84 bits per heavy atom. The Balaban J connectivity index is 1.54. The van der Waals surface area contributed by atoms with Crippen molar-refractivity contribution in [3.63, 3.8) is 0 Å². The molecule has 25 heavy (non-hydrogen) atoms. The van der Waals surface area contributed by atoms with Gasteiger partial charge in [-0.25, -0.2) is 0 Å². The number of rotatable bonds is 6. The number of piperidine rings is 2. The lowest BCUT2D eigenvalue weighted by Gasteiger charge is -2.47. The molecule has 3 aliphatic rings. The van der Waals surface area contributed by atoms with Gasteiger partial charge in [-0.05, 0) is 32.1 Å². The highest BCUT2D eigenvalue weighted by molar-refractivity contribution is 5.84. The van der Waals surface area contributed by atoms with Gasteiger partial charge < -0.3 is 14.5 Å². The van der Waals surface area contributed by atoms with Gasteiger partial charge in [0, 0.05) is 64.5 Å². The van der Waals surface area contributed by atoms with Gasteiger partial charge >= 0.3 is 0 Å². The Hall–Kier alpha value is -1.63. The first kappa shape index (κ1) is 18.2. The van der Waals surface area contributed by atoms with E-state index in [9.17, 15) is 9.59 Å². The van der Waals surface area contributed by atoms with Crippen LogP contribution in [0, 0.1) is 5.92 Å². The van der Waals surface area contributed by atoms with Gasteiger partial charge in [0.05, 0.1) is 0 Å². The molecule has 0 radical (unpaired) electrons. The standard InChI is InChI=1S/C18H30N4O3/c1-14-6-10-21(19-14)13-18(24)20-9-7-16-15(12-20)4-5-17(23)22(16)8-3-11-25-2/h15-16H,3-13H2,1-2H3/t15-,16+/m0/s1. The molecule has 0 unspecified atom stereocenters. The topological polar surface area (TPSA) is 65.5 Å². The first-order valence-electron chi connectivity index (χ1n) is 9.43. The molecule has 0 spiro atoms. The Labute approximate surface area is 150 Å². The third kappa shape index (κ3) is 4.32. The number of hydrogen-bond acceptors (Lipinski definition) is 5. The highest BCUT2D eigenvalue weighted by Crippen LogP contribution is 2.31. The molecule has 2 fully saturated rings. The molecule has 2 saturated heterocycles. The second kappa shape index (κ2) is 8.17. The molecule has 0 aromatic rings. The predicted octanol–water partition coefficient (Wildman–Crippen LogP) is 0.944. The molecule has 140 valence electrons. The van der Waals surface area contributed by atoms with Crippen LogP contribution in [0.1, 0.15) is 39.0 Å². The summed E-state index contributed by atoms with van der Waals surface area (Å²) in [6, 6.07) is 0.286. The fraction of sp³-hybridized carbons (Fsp3) is 0.833. The third-order valence-electron chi connectivity index (χ3n) is 5.61. The van der Waals surface area contributed by atoms with Crippen LogP contribution in [0.5, 0.6) is 0 Å². The number of ether oxygens (including phenoxy) is 1. The number of carbonyl (C=O) groups excluding carboxylic acids is 2. The highest BCUT2D eigenvalue weighted by atomic mass is 16.5. The van der Waals surface area contributed by atoms with Gasteiger partial charge in [0.15, 0.2) is 0 Å². The van der Waals surface area contributed by atoms with Crippen molar-refractivity contribution in [1.82, 2.24) is 14.8 Å². The molecule has 0 aliphatic carbocycles. The molecular formula is C18H30N4O3. The summed E-state index contributed by atoms with van der Waals surface area (Å²) in [5.41, 5.74) is 1.10. The van der Waals surface area contributed by atoms with E-state index in [0.717, 1.165) is 57.6 Å². The molecular weight excluding hydrogens is 320 g/mol. The minimum atomic E-state index is 0.166. The van der Waals surface area contributed by atoms with Crippen LogP contribution in [-0.2, 0) is 14.3 Å². The summed E-state index contributed by atoms with van der Waals surface area (Å²) in [4.78, 5) is 28.9. The van der Waals surface area contributed by atoms with E-state index in [1.54, 1.807) is 7.11 Å². The number of amides is 2. The maximum absolute atomic E-state index is 12.6. The van der Waals surface area contributed by atoms with Gasteiger partial charge in [0.2, 0.25) is 11.8 Å². The number of hydrazone groups is 1. The van der Waals surface area contributed by atoms with Crippen molar-refractivity contribution in [3.05, 3.63) is 0 Å². The van der Waals surface area contributed by atoms with E-state index in [1.165, 1.54) is 0 Å². The van der Waals surface area contributed by atoms with Crippen LogP contribution in [0.15, 0.2) is 5.10 Å². The summed E-state index contributed by atoms with van der Waals surface area (Å²) < 4.78 is 5.12. The van der Waals surface area contributed by atoms with E-state index in [-0.39, 0.29) is 17.9 Å². The molecule has 7 heteroatoms. The van der Waals surface area contributed by atoms with Crippen LogP contribution >= 0.6 is 0 Å². The van der Waals surface area contributed by atoms with E-state index in [0.29, 0.717) is 25.5 Å². The van der Waals surface area contributed by atoms with Crippen molar-refractivity contribution in [3.8, 4) is 0 Å². The number of hydrogen-bond donors (Lipinski definition) is 0. The number of fused-ring (bicyclic) bond motifs is 1. The van der Waals surface area contributed by atoms with Gasteiger partial charge in [-0.3, -0.25) is 14.6 Å². The van der Waals surface area contributed by atoms with E-state index < -0.39 is 0 Å². The van der Waals surface area contributed by atoms with Crippen molar-refractivity contribution < 1.29 is 14.3 Å². The average molecular weight is 350 g/mol. The third-order valence-corrected chi connectivity index (χ3v) is 5.61. The minimum Gasteiger partial charge on any atom is -0.385 e. The molecule has 0 saturated carbocycles. The summed E-state index contributed by atoms with van der Waals surface area (Å²) in [6.07, 6.45) is 4.22. The van der Waals surface area contributed by atoms with Gasteiger partial charge in [0.25, 0.3) is 0 Å².